The molecule has 0 spiro atoms. The number of hydrogen-bond acceptors (Lipinski definition) is 3. The first-order chi connectivity index (χ1) is 8.74. The van der Waals surface area contributed by atoms with Gasteiger partial charge in [-0.1, -0.05) is 30.3 Å². The van der Waals surface area contributed by atoms with Crippen LogP contribution in [0.4, 0.5) is 4.79 Å². The van der Waals surface area contributed by atoms with Gasteiger partial charge in [0, 0.05) is 12.6 Å². The number of carbonyl (C=O) groups excluding carboxylic acids is 1. The lowest BCUT2D eigenvalue weighted by atomic mass is 10.1. The fourth-order valence-electron chi connectivity index (χ4n) is 2.30. The van der Waals surface area contributed by atoms with E-state index in [1.165, 1.54) is 0 Å². The van der Waals surface area contributed by atoms with Crippen molar-refractivity contribution in [2.45, 2.75) is 31.9 Å². The Kier molecular flexibility index (Phi) is 4.59. The van der Waals surface area contributed by atoms with Crippen LogP contribution in [0.3, 0.4) is 0 Å². The number of amides is 1. The minimum atomic E-state index is -0.348. The Labute approximate surface area is 108 Å². The molecule has 4 nitrogen and oxygen atoms in total. The van der Waals surface area contributed by atoms with E-state index in [1.54, 1.807) is 0 Å². The van der Waals surface area contributed by atoms with Gasteiger partial charge in [0.15, 0.2) is 0 Å². The highest BCUT2D eigenvalue weighted by Gasteiger charge is 2.22. The number of nitrogens with two attached hydrogens (primary N) is 1. The highest BCUT2D eigenvalue weighted by molar-refractivity contribution is 5.67. The summed E-state index contributed by atoms with van der Waals surface area (Å²) < 4.78 is 5.13. The lowest BCUT2D eigenvalue weighted by molar-refractivity contribution is 0.138. The Morgan fingerprint density at radius 2 is 2.11 bits per heavy atom. The molecule has 4 heteroatoms. The molecule has 2 rings (SSSR count). The summed E-state index contributed by atoms with van der Waals surface area (Å²) in [5.74, 6) is 0.504. The summed E-state index contributed by atoms with van der Waals surface area (Å²) in [4.78, 5) is 11.5. The normalized spacial score (nSPS) is 22.7. The number of nitrogens with one attached hydrogen (secondary N) is 1. The zero-order valence-electron chi connectivity index (χ0n) is 10.5. The largest absolute Gasteiger partial charge is 0.445 e. The van der Waals surface area contributed by atoms with Crippen LogP contribution in [0.2, 0.25) is 0 Å². The maximum atomic E-state index is 11.5. The summed E-state index contributed by atoms with van der Waals surface area (Å²) in [7, 11) is 0. The molecule has 0 saturated heterocycles. The van der Waals surface area contributed by atoms with Gasteiger partial charge >= 0.3 is 6.09 Å². The van der Waals surface area contributed by atoms with Crippen molar-refractivity contribution in [3.05, 3.63) is 35.9 Å². The van der Waals surface area contributed by atoms with Gasteiger partial charge in [-0.25, -0.2) is 4.79 Å². The van der Waals surface area contributed by atoms with E-state index in [-0.39, 0.29) is 6.09 Å². The summed E-state index contributed by atoms with van der Waals surface area (Å²) in [5, 5.41) is 2.80. The molecule has 2 atom stereocenters. The summed E-state index contributed by atoms with van der Waals surface area (Å²) in [6, 6.07) is 9.96. The van der Waals surface area contributed by atoms with E-state index in [0.29, 0.717) is 25.1 Å². The molecule has 1 amide bonds. The van der Waals surface area contributed by atoms with Gasteiger partial charge in [0.2, 0.25) is 0 Å². The van der Waals surface area contributed by atoms with Gasteiger partial charge in [-0.15, -0.1) is 0 Å². The summed E-state index contributed by atoms with van der Waals surface area (Å²) >= 11 is 0. The van der Waals surface area contributed by atoms with E-state index in [0.717, 1.165) is 24.8 Å². The first kappa shape index (κ1) is 12.9. The second-order valence-electron chi connectivity index (χ2n) is 4.88. The van der Waals surface area contributed by atoms with E-state index in [1.807, 2.05) is 30.3 Å². The Morgan fingerprint density at radius 3 is 2.78 bits per heavy atom. The fourth-order valence-corrected chi connectivity index (χ4v) is 2.30. The molecule has 1 aromatic carbocycles. The molecule has 0 aliphatic heterocycles. The van der Waals surface area contributed by atoms with Crippen LogP contribution in [0.25, 0.3) is 0 Å². The number of carbonyl (C=O) groups is 1. The van der Waals surface area contributed by atoms with Crippen molar-refractivity contribution in [3.63, 3.8) is 0 Å². The second-order valence-corrected chi connectivity index (χ2v) is 4.88. The molecule has 1 fully saturated rings. The number of benzene rings is 1. The molecule has 0 heterocycles. The average Bonchev–Trinajstić information content (AvgIpc) is 2.81. The molecule has 1 saturated carbocycles. The maximum absolute atomic E-state index is 11.5. The van der Waals surface area contributed by atoms with Crippen molar-refractivity contribution in [3.8, 4) is 0 Å². The van der Waals surface area contributed by atoms with E-state index < -0.39 is 0 Å². The van der Waals surface area contributed by atoms with Gasteiger partial charge in [0.1, 0.15) is 6.61 Å². The minimum Gasteiger partial charge on any atom is -0.445 e. The van der Waals surface area contributed by atoms with Gasteiger partial charge in [0.05, 0.1) is 0 Å². The average molecular weight is 248 g/mol. The van der Waals surface area contributed by atoms with Crippen molar-refractivity contribution in [1.82, 2.24) is 5.32 Å². The summed E-state index contributed by atoms with van der Waals surface area (Å²) in [5.41, 5.74) is 6.82. The van der Waals surface area contributed by atoms with Crippen LogP contribution in [0.1, 0.15) is 24.8 Å². The van der Waals surface area contributed by atoms with Gasteiger partial charge in [-0.2, -0.15) is 0 Å². The molecule has 3 N–H and O–H groups in total. The topological polar surface area (TPSA) is 64.3 Å². The summed E-state index contributed by atoms with van der Waals surface area (Å²) in [6.07, 6.45) is 2.81. The molecular weight excluding hydrogens is 228 g/mol. The van der Waals surface area contributed by atoms with E-state index >= 15 is 0 Å². The molecular formula is C14H20N2O2. The third-order valence-corrected chi connectivity index (χ3v) is 3.33. The molecule has 1 aromatic rings. The number of rotatable bonds is 4. The first-order valence-corrected chi connectivity index (χ1v) is 6.44. The second kappa shape index (κ2) is 6.40. The van der Waals surface area contributed by atoms with Crippen molar-refractivity contribution in [2.24, 2.45) is 11.7 Å². The van der Waals surface area contributed by atoms with Crippen molar-refractivity contribution < 1.29 is 9.53 Å². The Morgan fingerprint density at radius 1 is 1.33 bits per heavy atom. The number of alkyl carbamates (subject to hydrolysis) is 1. The standard InChI is InChI=1S/C14H20N2O2/c15-13-7-6-12(8-13)9-16-14(17)18-10-11-4-2-1-3-5-11/h1-5,12-13H,6-10,15H2,(H,16,17)/t12-,13+/m0/s1. The van der Waals surface area contributed by atoms with Crippen molar-refractivity contribution in [1.29, 1.82) is 0 Å². The van der Waals surface area contributed by atoms with E-state index in [9.17, 15) is 4.79 Å². The Balaban J connectivity index is 1.63. The van der Waals surface area contributed by atoms with Crippen molar-refractivity contribution in [2.75, 3.05) is 6.54 Å². The SMILES string of the molecule is N[C@@H]1CC[C@H](CNC(=O)OCc2ccccc2)C1. The minimum absolute atomic E-state index is 0.303. The highest BCUT2D eigenvalue weighted by Crippen LogP contribution is 2.23. The summed E-state index contributed by atoms with van der Waals surface area (Å²) in [6.45, 7) is 0.984. The molecule has 18 heavy (non-hydrogen) atoms. The number of hydrogen-bond donors (Lipinski definition) is 2. The maximum Gasteiger partial charge on any atom is 0.407 e. The van der Waals surface area contributed by atoms with Gasteiger partial charge in [-0.05, 0) is 30.7 Å². The van der Waals surface area contributed by atoms with Crippen LogP contribution in [0, 0.1) is 5.92 Å². The number of ether oxygens (including phenoxy) is 1. The van der Waals surface area contributed by atoms with Crippen LogP contribution >= 0.6 is 0 Å². The third-order valence-electron chi connectivity index (χ3n) is 3.33. The molecule has 98 valence electrons. The van der Waals surface area contributed by atoms with Gasteiger partial charge in [-0.3, -0.25) is 0 Å². The quantitative estimate of drug-likeness (QED) is 0.857. The third kappa shape index (κ3) is 4.04. The monoisotopic (exact) mass is 248 g/mol. The van der Waals surface area contributed by atoms with Crippen LogP contribution in [-0.2, 0) is 11.3 Å². The Bertz CT molecular complexity index is 381. The molecule has 1 aliphatic carbocycles. The molecule has 0 bridgehead atoms. The molecule has 1 aliphatic rings. The molecule has 0 radical (unpaired) electrons. The Hall–Kier alpha value is -1.55. The predicted octanol–water partition coefficient (Wildman–Crippen LogP) is 2.04. The first-order valence-electron chi connectivity index (χ1n) is 6.44. The van der Waals surface area contributed by atoms with Crippen LogP contribution < -0.4 is 11.1 Å². The molecule has 0 aromatic heterocycles. The van der Waals surface area contributed by atoms with Crippen LogP contribution in [-0.4, -0.2) is 18.7 Å². The van der Waals surface area contributed by atoms with Crippen LogP contribution in [0.15, 0.2) is 30.3 Å². The van der Waals surface area contributed by atoms with Crippen molar-refractivity contribution >= 4 is 6.09 Å². The lowest BCUT2D eigenvalue weighted by Crippen LogP contribution is -2.29. The fraction of sp³-hybridized carbons (Fsp3) is 0.500. The predicted molar refractivity (Wildman–Crippen MR) is 69.9 cm³/mol. The van der Waals surface area contributed by atoms with Gasteiger partial charge < -0.3 is 15.8 Å². The van der Waals surface area contributed by atoms with Gasteiger partial charge in [0.25, 0.3) is 0 Å². The highest BCUT2D eigenvalue weighted by atomic mass is 16.5. The lowest BCUT2D eigenvalue weighted by Gasteiger charge is -2.11. The van der Waals surface area contributed by atoms with Crippen LogP contribution in [0.5, 0.6) is 0 Å². The zero-order valence-corrected chi connectivity index (χ0v) is 10.5. The zero-order chi connectivity index (χ0) is 12.8. The van der Waals surface area contributed by atoms with E-state index in [4.69, 9.17) is 10.5 Å². The molecule has 0 unspecified atom stereocenters. The van der Waals surface area contributed by atoms with E-state index in [2.05, 4.69) is 5.32 Å². The smallest absolute Gasteiger partial charge is 0.407 e.